The van der Waals surface area contributed by atoms with Crippen molar-refractivity contribution in [2.75, 3.05) is 20.2 Å². The number of ether oxygens (including phenoxy) is 2. The number of hydrogen-bond acceptors (Lipinski definition) is 6. The van der Waals surface area contributed by atoms with Crippen LogP contribution in [0, 0.1) is 12.8 Å². The van der Waals surface area contributed by atoms with E-state index in [9.17, 15) is 9.59 Å². The van der Waals surface area contributed by atoms with Crippen molar-refractivity contribution in [3.8, 4) is 28.1 Å². The summed E-state index contributed by atoms with van der Waals surface area (Å²) < 4.78 is 12.3. The number of rotatable bonds is 5. The molecule has 216 valence electrons. The highest BCUT2D eigenvalue weighted by atomic mass is 16.6. The summed E-state index contributed by atoms with van der Waals surface area (Å²) >= 11 is 0. The second-order valence-corrected chi connectivity index (χ2v) is 12.5. The second-order valence-electron chi connectivity index (χ2n) is 12.5. The van der Waals surface area contributed by atoms with Crippen LogP contribution in [0.3, 0.4) is 0 Å². The van der Waals surface area contributed by atoms with Gasteiger partial charge in [0.1, 0.15) is 11.3 Å². The van der Waals surface area contributed by atoms with E-state index in [0.29, 0.717) is 18.0 Å². The van der Waals surface area contributed by atoms with Crippen molar-refractivity contribution < 1.29 is 19.1 Å². The molecule has 1 amide bonds. The predicted molar refractivity (Wildman–Crippen MR) is 161 cm³/mol. The SMILES string of the molecule is COC(=O)c1cc(-c2ccc(C34CCN(C(=O)OC(C)(C)C)CC3C4)cc2)cc(-n2cc(-c3ccc(C)cc3)nn2)c1. The highest BCUT2D eigenvalue weighted by Crippen LogP contribution is 2.59. The molecule has 0 N–H and O–H groups in total. The van der Waals surface area contributed by atoms with Crippen LogP contribution in [0.5, 0.6) is 0 Å². The molecule has 2 unspecified atom stereocenters. The zero-order valence-electron chi connectivity index (χ0n) is 24.8. The zero-order valence-corrected chi connectivity index (χ0v) is 24.8. The maximum Gasteiger partial charge on any atom is 0.410 e. The van der Waals surface area contributed by atoms with Gasteiger partial charge in [-0.1, -0.05) is 59.3 Å². The third kappa shape index (κ3) is 5.41. The molecule has 1 aliphatic heterocycles. The van der Waals surface area contributed by atoms with Gasteiger partial charge in [0.15, 0.2) is 0 Å². The molecule has 0 radical (unpaired) electrons. The fourth-order valence-electron chi connectivity index (χ4n) is 6.00. The Bertz CT molecular complexity index is 1640. The van der Waals surface area contributed by atoms with Gasteiger partial charge in [-0.2, -0.15) is 0 Å². The first-order chi connectivity index (χ1) is 20.0. The smallest absolute Gasteiger partial charge is 0.410 e. The van der Waals surface area contributed by atoms with Crippen LogP contribution < -0.4 is 0 Å². The van der Waals surface area contributed by atoms with Crippen LogP contribution in [0.25, 0.3) is 28.1 Å². The first kappa shape index (κ1) is 27.7. The molecule has 0 spiro atoms. The number of fused-ring (bicyclic) bond motifs is 1. The fourth-order valence-corrected chi connectivity index (χ4v) is 6.00. The maximum atomic E-state index is 12.6. The number of aromatic nitrogens is 3. The molecule has 2 atom stereocenters. The summed E-state index contributed by atoms with van der Waals surface area (Å²) in [5.41, 5.74) is 6.85. The normalized spacial score (nSPS) is 19.6. The summed E-state index contributed by atoms with van der Waals surface area (Å²) in [5.74, 6) is 0.0268. The summed E-state index contributed by atoms with van der Waals surface area (Å²) in [6.07, 6.45) is 3.64. The van der Waals surface area contributed by atoms with E-state index >= 15 is 0 Å². The number of carbonyl (C=O) groups excluding carboxylic acids is 2. The minimum atomic E-state index is -0.493. The van der Waals surface area contributed by atoms with Crippen LogP contribution in [0.2, 0.25) is 0 Å². The zero-order chi connectivity index (χ0) is 29.6. The second kappa shape index (κ2) is 10.4. The van der Waals surface area contributed by atoms with Crippen LogP contribution in [-0.4, -0.2) is 57.8 Å². The largest absolute Gasteiger partial charge is 0.465 e. The van der Waals surface area contributed by atoms with Crippen LogP contribution >= 0.6 is 0 Å². The van der Waals surface area contributed by atoms with Crippen molar-refractivity contribution in [1.82, 2.24) is 19.9 Å². The van der Waals surface area contributed by atoms with E-state index in [1.165, 1.54) is 18.2 Å². The fraction of sp³-hybridized carbons (Fsp3) is 0.353. The summed E-state index contributed by atoms with van der Waals surface area (Å²) in [4.78, 5) is 27.0. The van der Waals surface area contributed by atoms with Gasteiger partial charge in [-0.25, -0.2) is 14.3 Å². The van der Waals surface area contributed by atoms with Crippen molar-refractivity contribution in [3.05, 3.63) is 89.6 Å². The first-order valence-corrected chi connectivity index (χ1v) is 14.4. The summed E-state index contributed by atoms with van der Waals surface area (Å²) in [5, 5.41) is 8.71. The summed E-state index contributed by atoms with van der Waals surface area (Å²) in [7, 11) is 1.38. The minimum absolute atomic E-state index is 0.114. The Hall–Kier alpha value is -4.46. The Labute approximate surface area is 246 Å². The Kier molecular flexibility index (Phi) is 6.87. The summed E-state index contributed by atoms with van der Waals surface area (Å²) in [6, 6.07) is 22.3. The minimum Gasteiger partial charge on any atom is -0.465 e. The van der Waals surface area contributed by atoms with E-state index < -0.39 is 11.6 Å². The molecule has 6 rings (SSSR count). The van der Waals surface area contributed by atoms with Crippen LogP contribution in [0.1, 0.15) is 55.1 Å². The van der Waals surface area contributed by atoms with Crippen molar-refractivity contribution in [2.45, 2.75) is 51.6 Å². The Morgan fingerprint density at radius 3 is 2.33 bits per heavy atom. The van der Waals surface area contributed by atoms with Gasteiger partial charge in [-0.15, -0.1) is 5.10 Å². The number of methoxy groups -OCH3 is 1. The van der Waals surface area contributed by atoms with Gasteiger partial charge in [-0.3, -0.25) is 0 Å². The van der Waals surface area contributed by atoms with Gasteiger partial charge in [0, 0.05) is 24.1 Å². The molecule has 0 bridgehead atoms. The number of likely N-dealkylation sites (tertiary alicyclic amines) is 1. The lowest BCUT2D eigenvalue weighted by Gasteiger charge is -2.33. The Morgan fingerprint density at radius 1 is 0.952 bits per heavy atom. The van der Waals surface area contributed by atoms with Gasteiger partial charge in [0.2, 0.25) is 0 Å². The molecule has 2 fully saturated rings. The van der Waals surface area contributed by atoms with E-state index in [2.05, 4.69) is 34.6 Å². The van der Waals surface area contributed by atoms with Gasteiger partial charge in [0.05, 0.1) is 24.6 Å². The van der Waals surface area contributed by atoms with Crippen LogP contribution in [-0.2, 0) is 14.9 Å². The Balaban J connectivity index is 1.24. The number of benzene rings is 3. The van der Waals surface area contributed by atoms with Crippen molar-refractivity contribution in [1.29, 1.82) is 0 Å². The van der Waals surface area contributed by atoms with Crippen LogP contribution in [0.15, 0.2) is 72.9 Å². The lowest BCUT2D eigenvalue weighted by Crippen LogP contribution is -2.43. The van der Waals surface area contributed by atoms with E-state index in [1.54, 1.807) is 10.7 Å². The number of hydrogen-bond donors (Lipinski definition) is 0. The number of nitrogens with zero attached hydrogens (tertiary/aromatic N) is 4. The van der Waals surface area contributed by atoms with Crippen LogP contribution in [0.4, 0.5) is 4.79 Å². The van der Waals surface area contributed by atoms with E-state index in [0.717, 1.165) is 47.5 Å². The lowest BCUT2D eigenvalue weighted by molar-refractivity contribution is 0.0198. The number of aryl methyl sites for hydroxylation is 1. The van der Waals surface area contributed by atoms with E-state index in [-0.39, 0.29) is 11.5 Å². The lowest BCUT2D eigenvalue weighted by atomic mass is 9.86. The highest BCUT2D eigenvalue weighted by molar-refractivity contribution is 5.92. The van der Waals surface area contributed by atoms with Gasteiger partial charge >= 0.3 is 12.1 Å². The van der Waals surface area contributed by atoms with Gasteiger partial charge in [-0.05, 0) is 81.3 Å². The molecule has 8 heteroatoms. The quantitative estimate of drug-likeness (QED) is 0.254. The average Bonchev–Trinajstić information content (AvgIpc) is 3.52. The number of piperidine rings is 1. The molecule has 1 aromatic heterocycles. The Morgan fingerprint density at radius 2 is 1.67 bits per heavy atom. The molecule has 1 saturated carbocycles. The first-order valence-electron chi connectivity index (χ1n) is 14.4. The number of carbonyl (C=O) groups is 2. The number of amides is 1. The predicted octanol–water partition coefficient (Wildman–Crippen LogP) is 6.59. The molecule has 1 aliphatic carbocycles. The topological polar surface area (TPSA) is 86.5 Å². The third-order valence-electron chi connectivity index (χ3n) is 8.39. The van der Waals surface area contributed by atoms with Crippen molar-refractivity contribution >= 4 is 12.1 Å². The highest BCUT2D eigenvalue weighted by Gasteiger charge is 2.58. The standard InChI is InChI=1S/C34H36N4O4/c1-22-6-8-24(9-7-22)30-21-38(36-35-30)29-17-25(16-26(18-29)31(39)41-5)23-10-12-27(13-11-23)34-14-15-37(20-28(34)19-34)32(40)42-33(2,3)4/h6-13,16-18,21,28H,14-15,19-20H2,1-5H3. The van der Waals surface area contributed by atoms with Crippen molar-refractivity contribution in [3.63, 3.8) is 0 Å². The maximum absolute atomic E-state index is 12.6. The summed E-state index contributed by atoms with van der Waals surface area (Å²) in [6.45, 7) is 9.16. The third-order valence-corrected chi connectivity index (χ3v) is 8.39. The molecule has 2 aliphatic rings. The molecule has 42 heavy (non-hydrogen) atoms. The number of esters is 1. The molecular formula is C34H36N4O4. The van der Waals surface area contributed by atoms with Crippen molar-refractivity contribution in [2.24, 2.45) is 5.92 Å². The monoisotopic (exact) mass is 564 g/mol. The molecule has 8 nitrogen and oxygen atoms in total. The van der Waals surface area contributed by atoms with Gasteiger partial charge in [0.25, 0.3) is 0 Å². The van der Waals surface area contributed by atoms with E-state index in [1.807, 2.05) is 75.2 Å². The molecule has 3 aromatic carbocycles. The van der Waals surface area contributed by atoms with E-state index in [4.69, 9.17) is 9.47 Å². The molecule has 2 heterocycles. The molecule has 4 aromatic rings. The van der Waals surface area contributed by atoms with Gasteiger partial charge < -0.3 is 14.4 Å². The molecule has 1 saturated heterocycles. The average molecular weight is 565 g/mol. The molecular weight excluding hydrogens is 528 g/mol.